The fourth-order valence-electron chi connectivity index (χ4n) is 3.09. The smallest absolute Gasteiger partial charge is 0.335 e. The van der Waals surface area contributed by atoms with Gasteiger partial charge in [0.2, 0.25) is 0 Å². The molecule has 106 valence electrons. The molecule has 4 rings (SSSR count). The van der Waals surface area contributed by atoms with Gasteiger partial charge in [0.25, 0.3) is 5.69 Å². The van der Waals surface area contributed by atoms with Gasteiger partial charge in [-0.2, -0.15) is 0 Å². The lowest BCUT2D eigenvalue weighted by Gasteiger charge is -2.11. The minimum Gasteiger partial charge on any atom is -0.478 e. The van der Waals surface area contributed by atoms with Crippen LogP contribution in [-0.2, 0) is 0 Å². The van der Waals surface area contributed by atoms with Crippen LogP contribution in [0.1, 0.15) is 10.4 Å². The van der Waals surface area contributed by atoms with Crippen molar-refractivity contribution in [3.05, 3.63) is 64.2 Å². The van der Waals surface area contributed by atoms with Crippen molar-refractivity contribution in [2.24, 2.45) is 0 Å². The molecular formula is C17H9NO4. The maximum atomic E-state index is 11.2. The molecule has 5 nitrogen and oxygen atoms in total. The highest BCUT2D eigenvalue weighted by Gasteiger charge is 2.17. The van der Waals surface area contributed by atoms with Gasteiger partial charge in [-0.05, 0) is 45.8 Å². The Bertz CT molecular complexity index is 1070. The monoisotopic (exact) mass is 291 g/mol. The van der Waals surface area contributed by atoms with Gasteiger partial charge in [-0.3, -0.25) is 10.1 Å². The molecule has 4 aromatic rings. The quantitative estimate of drug-likeness (QED) is 0.341. The van der Waals surface area contributed by atoms with Gasteiger partial charge in [-0.25, -0.2) is 4.79 Å². The van der Waals surface area contributed by atoms with Crippen molar-refractivity contribution in [1.82, 2.24) is 0 Å². The number of carboxylic acid groups (broad SMARTS) is 1. The predicted molar refractivity (Wildman–Crippen MR) is 83.8 cm³/mol. The van der Waals surface area contributed by atoms with Crippen molar-refractivity contribution in [3.8, 4) is 0 Å². The number of rotatable bonds is 2. The van der Waals surface area contributed by atoms with E-state index < -0.39 is 10.9 Å². The van der Waals surface area contributed by atoms with Crippen molar-refractivity contribution >= 4 is 44.0 Å². The molecule has 0 aliphatic rings. The Kier molecular flexibility index (Phi) is 2.36. The first-order valence-corrected chi connectivity index (χ1v) is 6.65. The summed E-state index contributed by atoms with van der Waals surface area (Å²) in [6, 6.07) is 13.6. The van der Waals surface area contributed by atoms with Crippen LogP contribution in [0.25, 0.3) is 32.3 Å². The van der Waals surface area contributed by atoms with Crippen LogP contribution in [0.3, 0.4) is 0 Å². The molecule has 0 spiro atoms. The lowest BCUT2D eigenvalue weighted by Crippen LogP contribution is -1.97. The maximum absolute atomic E-state index is 11.2. The number of aromatic carboxylic acids is 1. The molecule has 5 heteroatoms. The molecule has 0 saturated carbocycles. The number of nitro benzene ring substituents is 1. The second-order valence-corrected chi connectivity index (χ2v) is 5.22. The van der Waals surface area contributed by atoms with Crippen LogP contribution in [0.2, 0.25) is 0 Å². The number of hydrogen-bond donors (Lipinski definition) is 1. The number of carbonyl (C=O) groups is 1. The lowest BCUT2D eigenvalue weighted by molar-refractivity contribution is -0.383. The third-order valence-corrected chi connectivity index (χ3v) is 4.02. The minimum absolute atomic E-state index is 0.0595. The summed E-state index contributed by atoms with van der Waals surface area (Å²) >= 11 is 0. The van der Waals surface area contributed by atoms with E-state index in [-0.39, 0.29) is 11.3 Å². The zero-order valence-corrected chi connectivity index (χ0v) is 11.2. The van der Waals surface area contributed by atoms with Crippen LogP contribution in [0.5, 0.6) is 0 Å². The molecule has 0 heterocycles. The molecule has 0 aliphatic carbocycles. The van der Waals surface area contributed by atoms with Gasteiger partial charge in [-0.1, -0.05) is 18.2 Å². The molecule has 0 unspecified atom stereocenters. The van der Waals surface area contributed by atoms with E-state index in [2.05, 4.69) is 0 Å². The zero-order chi connectivity index (χ0) is 15.4. The Hall–Kier alpha value is -3.21. The van der Waals surface area contributed by atoms with Gasteiger partial charge in [0.1, 0.15) is 0 Å². The number of nitro groups is 1. The van der Waals surface area contributed by atoms with Gasteiger partial charge in [0.05, 0.1) is 15.9 Å². The van der Waals surface area contributed by atoms with E-state index in [0.717, 1.165) is 26.9 Å². The van der Waals surface area contributed by atoms with E-state index in [0.29, 0.717) is 5.39 Å². The topological polar surface area (TPSA) is 80.4 Å². The van der Waals surface area contributed by atoms with Crippen LogP contribution < -0.4 is 0 Å². The molecule has 0 aromatic heterocycles. The average Bonchev–Trinajstić information content (AvgIpc) is 2.51. The van der Waals surface area contributed by atoms with Gasteiger partial charge >= 0.3 is 5.97 Å². The highest BCUT2D eigenvalue weighted by Crippen LogP contribution is 2.38. The molecule has 0 atom stereocenters. The second-order valence-electron chi connectivity index (χ2n) is 5.22. The molecule has 4 aromatic carbocycles. The first kappa shape index (κ1) is 12.5. The van der Waals surface area contributed by atoms with Gasteiger partial charge in [0, 0.05) is 11.5 Å². The van der Waals surface area contributed by atoms with Crippen molar-refractivity contribution in [1.29, 1.82) is 0 Å². The fraction of sp³-hybridized carbons (Fsp3) is 0. The van der Waals surface area contributed by atoms with Gasteiger partial charge < -0.3 is 5.11 Å². The summed E-state index contributed by atoms with van der Waals surface area (Å²) in [7, 11) is 0. The number of benzene rings is 4. The van der Waals surface area contributed by atoms with E-state index in [1.165, 1.54) is 6.07 Å². The summed E-state index contributed by atoms with van der Waals surface area (Å²) < 4.78 is 0. The number of carboxylic acids is 1. The van der Waals surface area contributed by atoms with E-state index in [9.17, 15) is 20.0 Å². The summed E-state index contributed by atoms with van der Waals surface area (Å²) in [6.07, 6.45) is 0. The van der Waals surface area contributed by atoms with Crippen LogP contribution in [-0.4, -0.2) is 16.0 Å². The zero-order valence-electron chi connectivity index (χ0n) is 11.2. The minimum atomic E-state index is -0.989. The van der Waals surface area contributed by atoms with Crippen LogP contribution in [0.4, 0.5) is 5.69 Å². The maximum Gasteiger partial charge on any atom is 0.335 e. The Labute approximate surface area is 123 Å². The average molecular weight is 291 g/mol. The van der Waals surface area contributed by atoms with Gasteiger partial charge in [0.15, 0.2) is 0 Å². The summed E-state index contributed by atoms with van der Waals surface area (Å²) in [4.78, 5) is 22.0. The molecule has 0 aliphatic heterocycles. The summed E-state index contributed by atoms with van der Waals surface area (Å²) in [5, 5.41) is 25.1. The summed E-state index contributed by atoms with van der Waals surface area (Å²) in [6.45, 7) is 0. The highest BCUT2D eigenvalue weighted by atomic mass is 16.6. The first-order valence-electron chi connectivity index (χ1n) is 6.65. The van der Waals surface area contributed by atoms with E-state index >= 15 is 0 Å². The molecule has 0 amide bonds. The predicted octanol–water partition coefficient (Wildman–Crippen LogP) is 4.19. The van der Waals surface area contributed by atoms with Crippen LogP contribution >= 0.6 is 0 Å². The van der Waals surface area contributed by atoms with Gasteiger partial charge in [-0.15, -0.1) is 0 Å². The molecule has 0 bridgehead atoms. The van der Waals surface area contributed by atoms with Crippen molar-refractivity contribution in [2.45, 2.75) is 0 Å². The van der Waals surface area contributed by atoms with Crippen LogP contribution in [0.15, 0.2) is 48.5 Å². The Morgan fingerprint density at radius 1 is 0.909 bits per heavy atom. The van der Waals surface area contributed by atoms with E-state index in [4.69, 9.17) is 0 Å². The SMILES string of the molecule is O=C(O)c1cc2ccc3ccc([N+](=O)[O-])c4ccc(c1)c2c34. The molecule has 1 N–H and O–H groups in total. The van der Waals surface area contributed by atoms with E-state index in [1.54, 1.807) is 30.3 Å². The molecular weight excluding hydrogens is 282 g/mol. The fourth-order valence-corrected chi connectivity index (χ4v) is 3.09. The van der Waals surface area contributed by atoms with Crippen molar-refractivity contribution < 1.29 is 14.8 Å². The number of nitrogens with zero attached hydrogens (tertiary/aromatic N) is 1. The second kappa shape index (κ2) is 4.14. The Morgan fingerprint density at radius 3 is 2.14 bits per heavy atom. The Balaban J connectivity index is 2.27. The number of non-ortho nitro benzene ring substituents is 1. The third-order valence-electron chi connectivity index (χ3n) is 4.02. The first-order chi connectivity index (χ1) is 10.6. The summed E-state index contributed by atoms with van der Waals surface area (Å²) in [5.41, 5.74) is 0.268. The normalized spacial score (nSPS) is 11.5. The molecule has 0 fully saturated rings. The summed E-state index contributed by atoms with van der Waals surface area (Å²) in [5.74, 6) is -0.989. The standard InChI is InChI=1S/C17H9NO4/c19-17(20)12-7-10-2-1-9-4-6-14(18(21)22)13-5-3-11(8-12)15(10)16(9)13/h1-8H,(H,19,20). The largest absolute Gasteiger partial charge is 0.478 e. The van der Waals surface area contributed by atoms with Crippen molar-refractivity contribution in [3.63, 3.8) is 0 Å². The lowest BCUT2D eigenvalue weighted by atomic mass is 9.92. The Morgan fingerprint density at radius 2 is 1.50 bits per heavy atom. The highest BCUT2D eigenvalue weighted by molar-refractivity contribution is 6.25. The van der Waals surface area contributed by atoms with Crippen LogP contribution in [0, 0.1) is 10.1 Å². The van der Waals surface area contributed by atoms with Crippen molar-refractivity contribution in [2.75, 3.05) is 0 Å². The van der Waals surface area contributed by atoms with E-state index in [1.807, 2.05) is 12.1 Å². The molecule has 0 saturated heterocycles. The molecule has 0 radical (unpaired) electrons. The number of hydrogen-bond acceptors (Lipinski definition) is 3. The molecule has 22 heavy (non-hydrogen) atoms. The third kappa shape index (κ3) is 1.56.